The van der Waals surface area contributed by atoms with Crippen molar-refractivity contribution in [2.24, 2.45) is 11.8 Å². The monoisotopic (exact) mass is 553 g/mol. The van der Waals surface area contributed by atoms with E-state index in [2.05, 4.69) is 117 Å². The summed E-state index contributed by atoms with van der Waals surface area (Å²) in [6.45, 7) is 12.7. The SMILES string of the molecule is CCN(CC)C(=O)C1CN2CCC1C(NCc1cc(C(C)C)ccc1OC)C2C(c1ccccc1)c1ccccc1. The van der Waals surface area contributed by atoms with Crippen LogP contribution in [0.1, 0.15) is 68.2 Å². The van der Waals surface area contributed by atoms with E-state index >= 15 is 0 Å². The Balaban J connectivity index is 1.55. The fourth-order valence-electron chi connectivity index (χ4n) is 7.33. The number of methoxy groups -OCH3 is 1. The zero-order valence-electron chi connectivity index (χ0n) is 25.4. The molecule has 6 rings (SSSR count). The van der Waals surface area contributed by atoms with E-state index in [0.717, 1.165) is 38.3 Å². The summed E-state index contributed by atoms with van der Waals surface area (Å²) >= 11 is 0. The van der Waals surface area contributed by atoms with Gasteiger partial charge >= 0.3 is 0 Å². The standard InChI is InChI=1S/C36H47N3O2/c1-6-38(7-2)36(40)31-24-39-21-20-30(31)34(37-23-29-22-28(25(3)4)18-19-32(29)41-5)35(39)33(26-14-10-8-11-15-26)27-16-12-9-13-17-27/h8-19,22,25,30-31,33-35,37H,6-7,20-21,23-24H2,1-5H3. The Labute approximate surface area is 246 Å². The molecular weight excluding hydrogens is 506 g/mol. The molecule has 3 aromatic rings. The molecule has 41 heavy (non-hydrogen) atoms. The maximum atomic E-state index is 13.9. The Morgan fingerprint density at radius 2 is 1.59 bits per heavy atom. The van der Waals surface area contributed by atoms with Crippen molar-refractivity contribution in [3.05, 3.63) is 101 Å². The van der Waals surface area contributed by atoms with Crippen molar-refractivity contribution in [3.63, 3.8) is 0 Å². The summed E-state index contributed by atoms with van der Waals surface area (Å²) in [6.07, 6.45) is 1.03. The molecule has 3 fully saturated rings. The lowest BCUT2D eigenvalue weighted by Crippen LogP contribution is -2.69. The molecule has 3 aliphatic heterocycles. The molecule has 0 radical (unpaired) electrons. The minimum absolute atomic E-state index is 0.00786. The van der Waals surface area contributed by atoms with E-state index in [1.807, 2.05) is 4.90 Å². The van der Waals surface area contributed by atoms with Gasteiger partial charge in [-0.25, -0.2) is 0 Å². The molecule has 218 valence electrons. The predicted molar refractivity (Wildman–Crippen MR) is 167 cm³/mol. The number of piperidine rings is 3. The molecule has 0 spiro atoms. The lowest BCUT2D eigenvalue weighted by atomic mass is 9.66. The summed E-state index contributed by atoms with van der Waals surface area (Å²) in [4.78, 5) is 18.5. The van der Waals surface area contributed by atoms with Gasteiger partial charge in [-0.1, -0.05) is 86.6 Å². The Morgan fingerprint density at radius 3 is 2.15 bits per heavy atom. The first-order valence-electron chi connectivity index (χ1n) is 15.5. The van der Waals surface area contributed by atoms with E-state index < -0.39 is 0 Å². The van der Waals surface area contributed by atoms with Gasteiger partial charge in [-0.15, -0.1) is 0 Å². The maximum Gasteiger partial charge on any atom is 0.227 e. The number of ether oxygens (including phenoxy) is 1. The van der Waals surface area contributed by atoms with Gasteiger partial charge in [0, 0.05) is 49.7 Å². The maximum absolute atomic E-state index is 13.9. The van der Waals surface area contributed by atoms with Gasteiger partial charge in [0.1, 0.15) is 5.75 Å². The van der Waals surface area contributed by atoms with Gasteiger partial charge in [-0.2, -0.15) is 0 Å². The molecule has 0 aromatic heterocycles. The number of hydrogen-bond donors (Lipinski definition) is 1. The molecule has 1 amide bonds. The number of benzene rings is 3. The Morgan fingerprint density at radius 1 is 0.951 bits per heavy atom. The summed E-state index contributed by atoms with van der Waals surface area (Å²) in [5, 5.41) is 4.05. The van der Waals surface area contributed by atoms with Gasteiger partial charge in [-0.3, -0.25) is 9.69 Å². The Hall–Kier alpha value is -3.15. The minimum Gasteiger partial charge on any atom is -0.496 e. The first-order valence-corrected chi connectivity index (χ1v) is 15.5. The smallest absolute Gasteiger partial charge is 0.227 e. The first-order chi connectivity index (χ1) is 20.0. The van der Waals surface area contributed by atoms with Gasteiger partial charge in [-0.05, 0) is 61.4 Å². The molecule has 2 bridgehead atoms. The number of hydrogen-bond acceptors (Lipinski definition) is 4. The number of nitrogens with one attached hydrogen (secondary N) is 1. The third kappa shape index (κ3) is 6.07. The second-order valence-electron chi connectivity index (χ2n) is 12.0. The van der Waals surface area contributed by atoms with Crippen LogP contribution in [0.5, 0.6) is 5.75 Å². The molecule has 0 aliphatic carbocycles. The normalized spacial score (nSPS) is 23.6. The molecule has 5 atom stereocenters. The van der Waals surface area contributed by atoms with Crippen LogP contribution in [-0.4, -0.2) is 61.1 Å². The van der Waals surface area contributed by atoms with Crippen molar-refractivity contribution in [3.8, 4) is 5.75 Å². The van der Waals surface area contributed by atoms with Crippen molar-refractivity contribution in [2.75, 3.05) is 33.3 Å². The van der Waals surface area contributed by atoms with E-state index in [-0.39, 0.29) is 29.8 Å². The van der Waals surface area contributed by atoms with Crippen LogP contribution in [-0.2, 0) is 11.3 Å². The quantitative estimate of drug-likeness (QED) is 0.303. The number of amides is 1. The van der Waals surface area contributed by atoms with Gasteiger partial charge < -0.3 is 15.0 Å². The van der Waals surface area contributed by atoms with Crippen molar-refractivity contribution < 1.29 is 9.53 Å². The van der Waals surface area contributed by atoms with E-state index in [1.165, 1.54) is 22.3 Å². The summed E-state index contributed by atoms with van der Waals surface area (Å²) in [7, 11) is 1.75. The lowest BCUT2D eigenvalue weighted by molar-refractivity contribution is -0.145. The fourth-order valence-corrected chi connectivity index (χ4v) is 7.33. The van der Waals surface area contributed by atoms with E-state index in [9.17, 15) is 4.79 Å². The molecule has 3 aromatic carbocycles. The number of rotatable bonds is 11. The highest BCUT2D eigenvalue weighted by Crippen LogP contribution is 2.45. The number of fused-ring (bicyclic) bond motifs is 3. The van der Waals surface area contributed by atoms with Gasteiger partial charge in [0.25, 0.3) is 0 Å². The van der Waals surface area contributed by atoms with Crippen LogP contribution in [0.3, 0.4) is 0 Å². The summed E-state index contributed by atoms with van der Waals surface area (Å²) < 4.78 is 5.80. The Bertz CT molecular complexity index is 1230. The Kier molecular flexibility index (Phi) is 9.46. The van der Waals surface area contributed by atoms with Gasteiger partial charge in [0.05, 0.1) is 13.0 Å². The predicted octanol–water partition coefficient (Wildman–Crippen LogP) is 6.30. The lowest BCUT2D eigenvalue weighted by Gasteiger charge is -2.57. The van der Waals surface area contributed by atoms with E-state index in [0.29, 0.717) is 18.4 Å². The summed E-state index contributed by atoms with van der Waals surface area (Å²) in [5.41, 5.74) is 5.15. The molecule has 3 saturated heterocycles. The highest BCUT2D eigenvalue weighted by molar-refractivity contribution is 5.80. The average molecular weight is 554 g/mol. The van der Waals surface area contributed by atoms with Crippen LogP contribution in [0.15, 0.2) is 78.9 Å². The van der Waals surface area contributed by atoms with Crippen molar-refractivity contribution in [2.45, 2.75) is 64.6 Å². The summed E-state index contributed by atoms with van der Waals surface area (Å²) in [5.74, 6) is 2.15. The average Bonchev–Trinajstić information content (AvgIpc) is 3.02. The molecule has 1 N–H and O–H groups in total. The molecule has 3 aliphatic rings. The van der Waals surface area contributed by atoms with Crippen LogP contribution in [0.2, 0.25) is 0 Å². The second-order valence-corrected chi connectivity index (χ2v) is 12.0. The number of carbonyl (C=O) groups excluding carboxylic acids is 1. The second kappa shape index (κ2) is 13.2. The van der Waals surface area contributed by atoms with Crippen molar-refractivity contribution in [1.29, 1.82) is 0 Å². The third-order valence-electron chi connectivity index (χ3n) is 9.50. The highest BCUT2D eigenvalue weighted by Gasteiger charge is 2.52. The van der Waals surface area contributed by atoms with Crippen LogP contribution >= 0.6 is 0 Å². The van der Waals surface area contributed by atoms with Gasteiger partial charge in [0.2, 0.25) is 5.91 Å². The zero-order valence-corrected chi connectivity index (χ0v) is 25.4. The highest BCUT2D eigenvalue weighted by atomic mass is 16.5. The zero-order chi connectivity index (χ0) is 28.9. The van der Waals surface area contributed by atoms with Crippen LogP contribution in [0.25, 0.3) is 0 Å². The third-order valence-corrected chi connectivity index (χ3v) is 9.50. The molecule has 5 heteroatoms. The number of carbonyl (C=O) groups is 1. The number of nitrogens with zero attached hydrogens (tertiary/aromatic N) is 2. The fraction of sp³-hybridized carbons (Fsp3) is 0.472. The van der Waals surface area contributed by atoms with Crippen molar-refractivity contribution in [1.82, 2.24) is 15.1 Å². The minimum atomic E-state index is 0.00786. The topological polar surface area (TPSA) is 44.8 Å². The largest absolute Gasteiger partial charge is 0.496 e. The van der Waals surface area contributed by atoms with Crippen LogP contribution in [0, 0.1) is 11.8 Å². The molecule has 5 nitrogen and oxygen atoms in total. The van der Waals surface area contributed by atoms with E-state index in [4.69, 9.17) is 4.74 Å². The first kappa shape index (κ1) is 29.3. The van der Waals surface area contributed by atoms with Gasteiger partial charge in [0.15, 0.2) is 0 Å². The molecule has 3 heterocycles. The van der Waals surface area contributed by atoms with E-state index in [1.54, 1.807) is 7.11 Å². The van der Waals surface area contributed by atoms with Crippen LogP contribution < -0.4 is 10.1 Å². The van der Waals surface area contributed by atoms with Crippen LogP contribution in [0.4, 0.5) is 0 Å². The van der Waals surface area contributed by atoms with Crippen molar-refractivity contribution >= 4 is 5.91 Å². The molecule has 0 saturated carbocycles. The summed E-state index contributed by atoms with van der Waals surface area (Å²) in [6, 6.07) is 28.8. The molecule has 5 unspecified atom stereocenters. The molecular formula is C36H47N3O2.